The predicted molar refractivity (Wildman–Crippen MR) is 164 cm³/mol. The van der Waals surface area contributed by atoms with Gasteiger partial charge in [-0.2, -0.15) is 0 Å². The van der Waals surface area contributed by atoms with Gasteiger partial charge in [0, 0.05) is 24.2 Å². The Morgan fingerprint density at radius 3 is 2.29 bits per heavy atom. The second-order valence-electron chi connectivity index (χ2n) is 11.6. The highest BCUT2D eigenvalue weighted by atomic mass is 16.7. The molecule has 3 aromatic carbocycles. The molecule has 7 heteroatoms. The third-order valence-electron chi connectivity index (χ3n) is 8.79. The zero-order chi connectivity index (χ0) is 30.0. The summed E-state index contributed by atoms with van der Waals surface area (Å²) in [5.41, 5.74) is 8.23. The van der Waals surface area contributed by atoms with E-state index in [2.05, 4.69) is 57.3 Å². The van der Waals surface area contributed by atoms with Crippen LogP contribution in [-0.4, -0.2) is 41.8 Å². The second kappa shape index (κ2) is 12.6. The van der Waals surface area contributed by atoms with Crippen LogP contribution in [0.4, 0.5) is 5.69 Å². The molecule has 2 aliphatic rings. The van der Waals surface area contributed by atoms with Crippen molar-refractivity contribution in [2.75, 3.05) is 25.2 Å². The van der Waals surface area contributed by atoms with Crippen LogP contribution >= 0.6 is 0 Å². The number of anilines is 1. The van der Waals surface area contributed by atoms with E-state index in [1.54, 1.807) is 0 Å². The molecule has 3 atom stereocenters. The topological polar surface area (TPSA) is 88.1 Å². The molecule has 2 heterocycles. The molecule has 1 unspecified atom stereocenters. The Balaban J connectivity index is 1.51. The van der Waals surface area contributed by atoms with E-state index in [1.165, 1.54) is 11.1 Å². The lowest BCUT2D eigenvalue weighted by Gasteiger charge is -2.27. The number of carbonyl (C=O) groups is 2. The van der Waals surface area contributed by atoms with Gasteiger partial charge < -0.3 is 19.9 Å². The molecule has 2 aliphatic heterocycles. The van der Waals surface area contributed by atoms with Crippen LogP contribution in [0.2, 0.25) is 0 Å². The highest BCUT2D eigenvalue weighted by molar-refractivity contribution is 5.94. The standard InChI is InChI=1S/C35H42N2O5/c1-6-9-23-10-12-26(13-11-23)33-31(35(39)40)28(27-14-15-29-34(22(27)5)42-20-41-29)18-37(33)19-30(38)36-32-24(7-2)16-21(4)17-25(32)8-3/h10-17,28,31,33H,6-9,18-20H2,1-5H3,(H,36,38)(H,39,40)/t28-,31?,33+/m1/s1. The molecule has 222 valence electrons. The van der Waals surface area contributed by atoms with Crippen LogP contribution in [0.1, 0.15) is 78.1 Å². The van der Waals surface area contributed by atoms with Gasteiger partial charge in [-0.3, -0.25) is 14.5 Å². The summed E-state index contributed by atoms with van der Waals surface area (Å²) in [4.78, 5) is 28.8. The van der Waals surface area contributed by atoms with Crippen LogP contribution in [0.15, 0.2) is 48.5 Å². The summed E-state index contributed by atoms with van der Waals surface area (Å²) < 4.78 is 11.3. The number of aryl methyl sites for hydroxylation is 4. The van der Waals surface area contributed by atoms with Crippen molar-refractivity contribution >= 4 is 17.6 Å². The molecule has 42 heavy (non-hydrogen) atoms. The monoisotopic (exact) mass is 570 g/mol. The number of carboxylic acid groups (broad SMARTS) is 1. The van der Waals surface area contributed by atoms with Crippen LogP contribution in [0.25, 0.3) is 0 Å². The van der Waals surface area contributed by atoms with Gasteiger partial charge in [0.05, 0.1) is 12.5 Å². The van der Waals surface area contributed by atoms with E-state index in [-0.39, 0.29) is 25.2 Å². The van der Waals surface area contributed by atoms with Gasteiger partial charge in [-0.15, -0.1) is 0 Å². The van der Waals surface area contributed by atoms with Crippen LogP contribution in [0.3, 0.4) is 0 Å². The van der Waals surface area contributed by atoms with Crippen molar-refractivity contribution in [3.63, 3.8) is 0 Å². The molecule has 1 fully saturated rings. The Kier molecular flexibility index (Phi) is 8.88. The number of fused-ring (bicyclic) bond motifs is 1. The maximum Gasteiger partial charge on any atom is 0.309 e. The van der Waals surface area contributed by atoms with Gasteiger partial charge in [-0.05, 0) is 72.6 Å². The van der Waals surface area contributed by atoms with E-state index in [9.17, 15) is 14.7 Å². The minimum atomic E-state index is -0.873. The van der Waals surface area contributed by atoms with E-state index in [1.807, 2.05) is 36.1 Å². The molecule has 1 saturated heterocycles. The lowest BCUT2D eigenvalue weighted by Crippen LogP contribution is -2.35. The maximum atomic E-state index is 13.7. The van der Waals surface area contributed by atoms with Crippen molar-refractivity contribution in [1.82, 2.24) is 4.90 Å². The van der Waals surface area contributed by atoms with Gasteiger partial charge in [-0.1, -0.05) is 75.2 Å². The van der Waals surface area contributed by atoms with Gasteiger partial charge in [0.25, 0.3) is 0 Å². The quantitative estimate of drug-likeness (QED) is 0.286. The molecule has 0 aromatic heterocycles. The minimum absolute atomic E-state index is 0.0887. The van der Waals surface area contributed by atoms with Crippen molar-refractivity contribution in [3.05, 3.63) is 87.5 Å². The van der Waals surface area contributed by atoms with E-state index < -0.39 is 17.9 Å². The summed E-state index contributed by atoms with van der Waals surface area (Å²) in [6.45, 7) is 11.1. The average molecular weight is 571 g/mol. The molecule has 0 radical (unpaired) electrons. The van der Waals surface area contributed by atoms with Crippen molar-refractivity contribution in [1.29, 1.82) is 0 Å². The molecule has 0 bridgehead atoms. The first-order chi connectivity index (χ1) is 20.2. The number of hydrogen-bond donors (Lipinski definition) is 2. The number of aliphatic carboxylic acids is 1. The van der Waals surface area contributed by atoms with Crippen molar-refractivity contribution < 1.29 is 24.2 Å². The van der Waals surface area contributed by atoms with E-state index >= 15 is 0 Å². The zero-order valence-corrected chi connectivity index (χ0v) is 25.3. The zero-order valence-electron chi connectivity index (χ0n) is 25.3. The third-order valence-corrected chi connectivity index (χ3v) is 8.79. The Morgan fingerprint density at radius 2 is 1.67 bits per heavy atom. The number of hydrogen-bond acceptors (Lipinski definition) is 5. The van der Waals surface area contributed by atoms with Crippen LogP contribution < -0.4 is 14.8 Å². The second-order valence-corrected chi connectivity index (χ2v) is 11.6. The summed E-state index contributed by atoms with van der Waals surface area (Å²) in [7, 11) is 0. The van der Waals surface area contributed by atoms with E-state index in [4.69, 9.17) is 9.47 Å². The Hall–Kier alpha value is -3.84. The number of amides is 1. The molecule has 0 aliphatic carbocycles. The smallest absolute Gasteiger partial charge is 0.309 e. The fraction of sp³-hybridized carbons (Fsp3) is 0.429. The Labute approximate surface area is 248 Å². The molecular weight excluding hydrogens is 528 g/mol. The maximum absolute atomic E-state index is 13.7. The number of carboxylic acids is 1. The number of nitrogens with zero attached hydrogens (tertiary/aromatic N) is 1. The van der Waals surface area contributed by atoms with Crippen LogP contribution in [0, 0.1) is 19.8 Å². The van der Waals surface area contributed by atoms with Crippen molar-refractivity contribution in [3.8, 4) is 11.5 Å². The number of likely N-dealkylation sites (tertiary alicyclic amines) is 1. The molecule has 2 N–H and O–H groups in total. The lowest BCUT2D eigenvalue weighted by atomic mass is 9.81. The summed E-state index contributed by atoms with van der Waals surface area (Å²) in [5, 5.41) is 13.9. The van der Waals surface area contributed by atoms with Gasteiger partial charge in [-0.25, -0.2) is 0 Å². The number of carbonyl (C=O) groups excluding carboxylic acids is 1. The van der Waals surface area contributed by atoms with Crippen molar-refractivity contribution in [2.45, 2.75) is 72.3 Å². The summed E-state index contributed by atoms with van der Waals surface area (Å²) >= 11 is 0. The predicted octanol–water partition coefficient (Wildman–Crippen LogP) is 6.59. The first kappa shape index (κ1) is 29.6. The summed E-state index contributed by atoms with van der Waals surface area (Å²) in [6.07, 6.45) is 3.63. The summed E-state index contributed by atoms with van der Waals surface area (Å²) in [6, 6.07) is 15.9. The number of nitrogens with one attached hydrogen (secondary N) is 1. The molecular formula is C35H42N2O5. The minimum Gasteiger partial charge on any atom is -0.481 e. The fourth-order valence-corrected chi connectivity index (χ4v) is 6.83. The molecule has 0 saturated carbocycles. The largest absolute Gasteiger partial charge is 0.481 e. The summed E-state index contributed by atoms with van der Waals surface area (Å²) in [5.74, 6) is -0.734. The van der Waals surface area contributed by atoms with Crippen LogP contribution in [-0.2, 0) is 28.9 Å². The normalized spacial score (nSPS) is 19.7. The highest BCUT2D eigenvalue weighted by Gasteiger charge is 2.48. The fourth-order valence-electron chi connectivity index (χ4n) is 6.83. The van der Waals surface area contributed by atoms with Gasteiger partial charge in [0.1, 0.15) is 0 Å². The van der Waals surface area contributed by atoms with Gasteiger partial charge in [0.15, 0.2) is 11.5 Å². The molecule has 7 nitrogen and oxygen atoms in total. The SMILES string of the molecule is CCCc1ccc([C@H]2C(C(=O)O)[C@@H](c3ccc4c(c3C)OCO4)CN2CC(=O)Nc2c(CC)cc(C)cc2CC)cc1. The third kappa shape index (κ3) is 5.75. The Morgan fingerprint density at radius 1 is 0.976 bits per heavy atom. The first-order valence-corrected chi connectivity index (χ1v) is 15.1. The molecule has 3 aromatic rings. The van der Waals surface area contributed by atoms with Gasteiger partial charge >= 0.3 is 5.97 Å². The van der Waals surface area contributed by atoms with Crippen molar-refractivity contribution in [2.24, 2.45) is 5.92 Å². The number of ether oxygens (including phenoxy) is 2. The van der Waals surface area contributed by atoms with Gasteiger partial charge in [0.2, 0.25) is 12.7 Å². The lowest BCUT2D eigenvalue weighted by molar-refractivity contribution is -0.143. The van der Waals surface area contributed by atoms with Crippen LogP contribution in [0.5, 0.6) is 11.5 Å². The highest BCUT2D eigenvalue weighted by Crippen LogP contribution is 2.49. The first-order valence-electron chi connectivity index (χ1n) is 15.1. The molecule has 1 amide bonds. The van der Waals surface area contributed by atoms with E-state index in [0.717, 1.165) is 59.2 Å². The van der Waals surface area contributed by atoms with E-state index in [0.29, 0.717) is 18.0 Å². The molecule has 5 rings (SSSR count). The number of rotatable bonds is 10. The Bertz CT molecular complexity index is 1440. The average Bonchev–Trinajstić information content (AvgIpc) is 3.60. The number of benzene rings is 3. The molecule has 0 spiro atoms.